The Hall–Kier alpha value is -1.25. The molecule has 0 fully saturated rings. The number of rotatable bonds is 6. The molecule has 0 radical (unpaired) electrons. The van der Waals surface area contributed by atoms with E-state index < -0.39 is 0 Å². The summed E-state index contributed by atoms with van der Waals surface area (Å²) in [5.74, 6) is 0. The summed E-state index contributed by atoms with van der Waals surface area (Å²) in [6.45, 7) is 6.69. The zero-order valence-electron chi connectivity index (χ0n) is 13.4. The second-order valence-corrected chi connectivity index (χ2v) is 6.57. The van der Waals surface area contributed by atoms with E-state index >= 15 is 0 Å². The first kappa shape index (κ1) is 16.1. The Morgan fingerprint density at radius 2 is 1.67 bits per heavy atom. The lowest BCUT2D eigenvalue weighted by Crippen LogP contribution is -2.30. The average Bonchev–Trinajstić information content (AvgIpc) is 2.49. The fraction of sp³-hybridized carbons (Fsp3) is 0.368. The Morgan fingerprint density at radius 1 is 1.00 bits per heavy atom. The molecule has 2 aromatic rings. The van der Waals surface area contributed by atoms with E-state index in [-0.39, 0.29) is 0 Å². The lowest BCUT2D eigenvalue weighted by atomic mass is 10.0. The molecule has 1 N–H and O–H groups in total. The molecule has 0 heterocycles. The SMILES string of the molecule is CSc1ccc(C(C)NC(C)Cc2ccccc2C)cc1. The van der Waals surface area contributed by atoms with Crippen LogP contribution in [0.15, 0.2) is 53.4 Å². The first-order valence-corrected chi connectivity index (χ1v) is 8.77. The minimum absolute atomic E-state index is 0.375. The minimum atomic E-state index is 0.375. The van der Waals surface area contributed by atoms with E-state index in [0.717, 1.165) is 6.42 Å². The predicted octanol–water partition coefficient (Wildman–Crippen LogP) is 5.00. The topological polar surface area (TPSA) is 12.0 Å². The van der Waals surface area contributed by atoms with Gasteiger partial charge in [0.1, 0.15) is 0 Å². The predicted molar refractivity (Wildman–Crippen MR) is 94.1 cm³/mol. The van der Waals surface area contributed by atoms with Crippen molar-refractivity contribution in [2.75, 3.05) is 6.26 Å². The fourth-order valence-corrected chi connectivity index (χ4v) is 3.05. The van der Waals surface area contributed by atoms with Crippen molar-refractivity contribution >= 4 is 11.8 Å². The van der Waals surface area contributed by atoms with Gasteiger partial charge in [0.25, 0.3) is 0 Å². The first-order valence-electron chi connectivity index (χ1n) is 7.54. The van der Waals surface area contributed by atoms with Crippen LogP contribution in [0.25, 0.3) is 0 Å². The summed E-state index contributed by atoms with van der Waals surface area (Å²) >= 11 is 1.79. The van der Waals surface area contributed by atoms with Crippen LogP contribution in [-0.2, 0) is 6.42 Å². The van der Waals surface area contributed by atoms with Crippen molar-refractivity contribution in [2.24, 2.45) is 0 Å². The van der Waals surface area contributed by atoms with Crippen LogP contribution in [0, 0.1) is 6.92 Å². The van der Waals surface area contributed by atoms with Gasteiger partial charge < -0.3 is 5.32 Å². The molecule has 0 amide bonds. The second kappa shape index (κ2) is 7.67. The Bertz CT molecular complexity index is 562. The molecule has 0 bridgehead atoms. The largest absolute Gasteiger partial charge is 0.307 e. The summed E-state index contributed by atoms with van der Waals surface area (Å²) in [5, 5.41) is 3.70. The molecule has 0 saturated heterocycles. The molecular formula is C19H25NS. The molecular weight excluding hydrogens is 274 g/mol. The minimum Gasteiger partial charge on any atom is -0.307 e. The molecule has 2 atom stereocenters. The molecule has 0 aliphatic carbocycles. The highest BCUT2D eigenvalue weighted by Gasteiger charge is 2.11. The molecule has 0 spiro atoms. The second-order valence-electron chi connectivity index (χ2n) is 5.69. The lowest BCUT2D eigenvalue weighted by Gasteiger charge is -2.21. The number of nitrogens with one attached hydrogen (secondary N) is 1. The van der Waals surface area contributed by atoms with Gasteiger partial charge in [-0.2, -0.15) is 0 Å². The van der Waals surface area contributed by atoms with Crippen molar-refractivity contribution in [3.05, 3.63) is 65.2 Å². The van der Waals surface area contributed by atoms with Gasteiger partial charge in [-0.3, -0.25) is 0 Å². The Kier molecular flexibility index (Phi) is 5.89. The maximum atomic E-state index is 3.70. The van der Waals surface area contributed by atoms with E-state index in [1.54, 1.807) is 11.8 Å². The molecule has 0 aromatic heterocycles. The summed E-state index contributed by atoms with van der Waals surface area (Å²) in [6.07, 6.45) is 3.18. The lowest BCUT2D eigenvalue weighted by molar-refractivity contribution is 0.476. The zero-order valence-corrected chi connectivity index (χ0v) is 14.2. The van der Waals surface area contributed by atoms with Crippen LogP contribution >= 0.6 is 11.8 Å². The summed E-state index contributed by atoms with van der Waals surface area (Å²) in [4.78, 5) is 1.32. The monoisotopic (exact) mass is 299 g/mol. The van der Waals surface area contributed by atoms with E-state index in [9.17, 15) is 0 Å². The number of hydrogen-bond donors (Lipinski definition) is 1. The van der Waals surface area contributed by atoms with E-state index in [0.29, 0.717) is 12.1 Å². The fourth-order valence-electron chi connectivity index (χ4n) is 2.64. The standard InChI is InChI=1S/C19H25NS/c1-14-7-5-6-8-18(14)13-15(2)20-16(3)17-9-11-19(21-4)12-10-17/h5-12,15-16,20H,13H2,1-4H3. The third kappa shape index (κ3) is 4.62. The number of aryl methyl sites for hydroxylation is 1. The van der Waals surface area contributed by atoms with Gasteiger partial charge in [0.15, 0.2) is 0 Å². The maximum absolute atomic E-state index is 3.70. The van der Waals surface area contributed by atoms with Gasteiger partial charge in [-0.25, -0.2) is 0 Å². The van der Waals surface area contributed by atoms with Crippen molar-refractivity contribution in [2.45, 2.75) is 44.2 Å². The molecule has 2 rings (SSSR count). The maximum Gasteiger partial charge on any atom is 0.0294 e. The molecule has 0 aliphatic rings. The molecule has 0 aliphatic heterocycles. The first-order chi connectivity index (χ1) is 10.1. The van der Waals surface area contributed by atoms with E-state index in [1.165, 1.54) is 21.6 Å². The van der Waals surface area contributed by atoms with Crippen LogP contribution in [0.2, 0.25) is 0 Å². The number of thioether (sulfide) groups is 1. The Balaban J connectivity index is 1.95. The van der Waals surface area contributed by atoms with Crippen molar-refractivity contribution in [3.8, 4) is 0 Å². The molecule has 0 saturated carbocycles. The van der Waals surface area contributed by atoms with Gasteiger partial charge in [0.05, 0.1) is 0 Å². The number of hydrogen-bond acceptors (Lipinski definition) is 2. The van der Waals surface area contributed by atoms with Crippen LogP contribution in [0.3, 0.4) is 0 Å². The summed E-state index contributed by atoms with van der Waals surface area (Å²) < 4.78 is 0. The molecule has 2 unspecified atom stereocenters. The quantitative estimate of drug-likeness (QED) is 0.753. The van der Waals surface area contributed by atoms with E-state index in [4.69, 9.17) is 0 Å². The smallest absolute Gasteiger partial charge is 0.0294 e. The normalized spacial score (nSPS) is 13.9. The van der Waals surface area contributed by atoms with E-state index in [1.807, 2.05) is 0 Å². The van der Waals surface area contributed by atoms with Crippen LogP contribution in [-0.4, -0.2) is 12.3 Å². The van der Waals surface area contributed by atoms with Gasteiger partial charge in [0.2, 0.25) is 0 Å². The molecule has 2 heteroatoms. The highest BCUT2D eigenvalue weighted by molar-refractivity contribution is 7.98. The highest BCUT2D eigenvalue weighted by Crippen LogP contribution is 2.20. The van der Waals surface area contributed by atoms with Gasteiger partial charge in [-0.1, -0.05) is 36.4 Å². The summed E-state index contributed by atoms with van der Waals surface area (Å²) in [5.41, 5.74) is 4.16. The third-order valence-electron chi connectivity index (χ3n) is 3.94. The van der Waals surface area contributed by atoms with Gasteiger partial charge in [-0.05, 0) is 62.3 Å². The summed E-state index contributed by atoms with van der Waals surface area (Å²) in [6, 6.07) is 18.3. The third-order valence-corrected chi connectivity index (χ3v) is 4.68. The molecule has 21 heavy (non-hydrogen) atoms. The van der Waals surface area contributed by atoms with Crippen LogP contribution in [0.1, 0.15) is 36.6 Å². The Labute approximate surface area is 133 Å². The van der Waals surface area contributed by atoms with Crippen LogP contribution in [0.5, 0.6) is 0 Å². The summed E-state index contributed by atoms with van der Waals surface area (Å²) in [7, 11) is 0. The zero-order chi connectivity index (χ0) is 15.2. The van der Waals surface area contributed by atoms with Crippen LogP contribution in [0.4, 0.5) is 0 Å². The molecule has 1 nitrogen and oxygen atoms in total. The van der Waals surface area contributed by atoms with E-state index in [2.05, 4.69) is 80.9 Å². The molecule has 2 aromatic carbocycles. The van der Waals surface area contributed by atoms with Crippen molar-refractivity contribution in [1.29, 1.82) is 0 Å². The van der Waals surface area contributed by atoms with Gasteiger partial charge in [0, 0.05) is 17.0 Å². The van der Waals surface area contributed by atoms with Gasteiger partial charge in [-0.15, -0.1) is 11.8 Å². The van der Waals surface area contributed by atoms with Crippen molar-refractivity contribution in [3.63, 3.8) is 0 Å². The van der Waals surface area contributed by atoms with Crippen molar-refractivity contribution in [1.82, 2.24) is 5.32 Å². The average molecular weight is 299 g/mol. The Morgan fingerprint density at radius 3 is 2.29 bits per heavy atom. The number of benzene rings is 2. The van der Waals surface area contributed by atoms with Gasteiger partial charge >= 0.3 is 0 Å². The van der Waals surface area contributed by atoms with Crippen LogP contribution < -0.4 is 5.32 Å². The van der Waals surface area contributed by atoms with Crippen molar-refractivity contribution < 1.29 is 0 Å². The molecule has 112 valence electrons. The highest BCUT2D eigenvalue weighted by atomic mass is 32.2.